The molecule has 3 heterocycles. The fraction of sp³-hybridized carbons (Fsp3) is 0.531. The van der Waals surface area contributed by atoms with E-state index < -0.39 is 29.2 Å². The van der Waals surface area contributed by atoms with Gasteiger partial charge in [-0.1, -0.05) is 57.2 Å². The third kappa shape index (κ3) is 6.99. The molecule has 2 aromatic rings. The molecule has 0 saturated carbocycles. The molecule has 3 atom stereocenters. The number of piperidine rings is 1. The maximum absolute atomic E-state index is 14.8. The first-order chi connectivity index (χ1) is 20.4. The number of halogens is 4. The molecule has 5 rings (SSSR count). The summed E-state index contributed by atoms with van der Waals surface area (Å²) in [5.41, 5.74) is 7.53. The van der Waals surface area contributed by atoms with E-state index in [1.807, 2.05) is 43.9 Å². The van der Waals surface area contributed by atoms with Gasteiger partial charge in [-0.15, -0.1) is 11.6 Å². The van der Waals surface area contributed by atoms with Gasteiger partial charge in [-0.3, -0.25) is 4.79 Å². The molecule has 4 N–H and O–H groups in total. The highest BCUT2D eigenvalue weighted by Gasteiger charge is 2.47. The monoisotopic (exact) mass is 633 g/mol. The van der Waals surface area contributed by atoms with Crippen LogP contribution < -0.4 is 20.7 Å². The quantitative estimate of drug-likeness (QED) is 0.327. The summed E-state index contributed by atoms with van der Waals surface area (Å²) < 4.78 is 50.1. The fourth-order valence-corrected chi connectivity index (χ4v) is 6.46. The SMILES string of the molecule is CC1(Cl)C=C(c2cccc(C(C)(C)C)c2)C([C@@H](Oc2cc(N3CCC4(CC3)CN[C@H](C(=O)O)C4)nc(N)n2)C(F)(F)F)=CC1. The molecule has 0 radical (unpaired) electrons. The molecular formula is C32H39ClF3N5O3. The molecule has 1 unspecified atom stereocenters. The van der Waals surface area contributed by atoms with Crippen molar-refractivity contribution in [2.45, 2.75) is 82.0 Å². The Morgan fingerprint density at radius 3 is 2.52 bits per heavy atom. The highest BCUT2D eigenvalue weighted by molar-refractivity contribution is 6.26. The van der Waals surface area contributed by atoms with Crippen molar-refractivity contribution in [3.63, 3.8) is 0 Å². The van der Waals surface area contributed by atoms with Gasteiger partial charge in [-0.2, -0.15) is 23.1 Å². The largest absolute Gasteiger partial charge is 0.480 e. The maximum Gasteiger partial charge on any atom is 0.429 e. The van der Waals surface area contributed by atoms with Crippen LogP contribution in [0.2, 0.25) is 0 Å². The first kappa shape index (κ1) is 32.1. The van der Waals surface area contributed by atoms with Crippen molar-refractivity contribution in [1.29, 1.82) is 0 Å². The van der Waals surface area contributed by atoms with Gasteiger partial charge in [-0.25, -0.2) is 0 Å². The van der Waals surface area contributed by atoms with Crippen LogP contribution in [-0.2, 0) is 10.2 Å². The number of allylic oxidation sites excluding steroid dienone is 2. The topological polar surface area (TPSA) is 114 Å². The summed E-state index contributed by atoms with van der Waals surface area (Å²) in [5.74, 6) is -0.987. The van der Waals surface area contributed by atoms with Gasteiger partial charge in [-0.05, 0) is 60.1 Å². The van der Waals surface area contributed by atoms with Gasteiger partial charge in [0, 0.05) is 31.3 Å². The summed E-state index contributed by atoms with van der Waals surface area (Å²) in [6, 6.07) is 8.28. The van der Waals surface area contributed by atoms with E-state index in [1.165, 1.54) is 12.1 Å². The lowest BCUT2D eigenvalue weighted by molar-refractivity contribution is -0.182. The minimum Gasteiger partial charge on any atom is -0.480 e. The second-order valence-electron chi connectivity index (χ2n) is 13.5. The lowest BCUT2D eigenvalue weighted by Crippen LogP contribution is -2.42. The number of rotatable bonds is 6. The standard InChI is InChI=1S/C32H39ClF3N5O3/c1-29(2,3)20-7-5-6-19(14-20)22-16-30(4,33)9-8-21(22)26(32(34,35)36)44-25-15-24(39-28(37)40-25)41-12-10-31(11-13-41)17-23(27(42)43)38-18-31/h5-8,14-16,23,26,38H,9-13,17-18H2,1-4H3,(H,42,43)(H2,37,39,40)/t23-,26+,30?/m0/s1. The number of carboxylic acid groups (broad SMARTS) is 1. The zero-order valence-corrected chi connectivity index (χ0v) is 26.1. The van der Waals surface area contributed by atoms with Crippen LogP contribution in [-0.4, -0.2) is 63.9 Å². The molecule has 3 aliphatic rings. The number of carboxylic acids is 1. The van der Waals surface area contributed by atoms with Gasteiger partial charge in [0.15, 0.2) is 0 Å². The number of hydrogen-bond acceptors (Lipinski definition) is 7. The van der Waals surface area contributed by atoms with E-state index in [2.05, 4.69) is 15.3 Å². The van der Waals surface area contributed by atoms with Crippen molar-refractivity contribution in [2.75, 3.05) is 30.3 Å². The van der Waals surface area contributed by atoms with Crippen LogP contribution in [0.3, 0.4) is 0 Å². The van der Waals surface area contributed by atoms with Crippen LogP contribution in [0.15, 0.2) is 48.1 Å². The molecule has 1 aromatic carbocycles. The first-order valence-corrected chi connectivity index (χ1v) is 15.1. The van der Waals surface area contributed by atoms with E-state index in [-0.39, 0.29) is 34.7 Å². The minimum absolute atomic E-state index is 0.0398. The number of ether oxygens (including phenoxy) is 1. The summed E-state index contributed by atoms with van der Waals surface area (Å²) in [4.78, 5) is 20.8. The second kappa shape index (κ2) is 11.6. The van der Waals surface area contributed by atoms with Gasteiger partial charge >= 0.3 is 12.1 Å². The van der Waals surface area contributed by atoms with Crippen molar-refractivity contribution < 1.29 is 27.8 Å². The molecule has 238 valence electrons. The van der Waals surface area contributed by atoms with Crippen LogP contribution in [0.1, 0.15) is 64.5 Å². The van der Waals surface area contributed by atoms with E-state index in [4.69, 9.17) is 22.1 Å². The van der Waals surface area contributed by atoms with Gasteiger partial charge in [0.05, 0.1) is 4.87 Å². The average molecular weight is 634 g/mol. The van der Waals surface area contributed by atoms with Gasteiger partial charge in [0.25, 0.3) is 0 Å². The Hall–Kier alpha value is -3.31. The lowest BCUT2D eigenvalue weighted by Gasteiger charge is -2.39. The molecular weight excluding hydrogens is 595 g/mol. The van der Waals surface area contributed by atoms with Crippen molar-refractivity contribution in [2.24, 2.45) is 5.41 Å². The molecule has 0 amide bonds. The van der Waals surface area contributed by atoms with E-state index in [0.717, 1.165) is 5.56 Å². The van der Waals surface area contributed by atoms with Crippen molar-refractivity contribution in [1.82, 2.24) is 15.3 Å². The van der Waals surface area contributed by atoms with E-state index in [9.17, 15) is 23.1 Å². The molecule has 8 nitrogen and oxygen atoms in total. The van der Waals surface area contributed by atoms with E-state index in [1.54, 1.807) is 19.1 Å². The Morgan fingerprint density at radius 2 is 1.91 bits per heavy atom. The highest BCUT2D eigenvalue weighted by atomic mass is 35.5. The number of nitrogens with one attached hydrogen (secondary N) is 1. The third-order valence-corrected chi connectivity index (χ3v) is 9.11. The number of nitrogens with two attached hydrogens (primary N) is 1. The summed E-state index contributed by atoms with van der Waals surface area (Å²) in [5, 5.41) is 12.5. The molecule has 2 saturated heterocycles. The number of hydrogen-bond donors (Lipinski definition) is 3. The van der Waals surface area contributed by atoms with Gasteiger partial charge < -0.3 is 25.8 Å². The zero-order chi connectivity index (χ0) is 32.1. The lowest BCUT2D eigenvalue weighted by atomic mass is 9.76. The molecule has 0 bridgehead atoms. The number of aromatic nitrogens is 2. The van der Waals surface area contributed by atoms with E-state index >= 15 is 0 Å². The summed E-state index contributed by atoms with van der Waals surface area (Å²) in [7, 11) is 0. The molecule has 2 aliphatic heterocycles. The summed E-state index contributed by atoms with van der Waals surface area (Å²) in [6.45, 7) is 9.59. The molecule has 12 heteroatoms. The number of nitrogens with zero attached hydrogens (tertiary/aromatic N) is 3. The second-order valence-corrected chi connectivity index (χ2v) is 14.3. The fourth-order valence-electron chi connectivity index (χ4n) is 6.28. The number of anilines is 2. The number of carbonyl (C=O) groups is 1. The third-order valence-electron chi connectivity index (χ3n) is 8.85. The number of benzene rings is 1. The van der Waals surface area contributed by atoms with Crippen LogP contribution >= 0.6 is 11.6 Å². The first-order valence-electron chi connectivity index (χ1n) is 14.8. The highest BCUT2D eigenvalue weighted by Crippen LogP contribution is 2.44. The predicted octanol–water partition coefficient (Wildman–Crippen LogP) is 6.11. The van der Waals surface area contributed by atoms with Crippen LogP contribution in [0, 0.1) is 5.41 Å². The number of alkyl halides is 4. The van der Waals surface area contributed by atoms with Crippen molar-refractivity contribution in [3.05, 3.63) is 59.2 Å². The van der Waals surface area contributed by atoms with Gasteiger partial charge in [0.1, 0.15) is 11.9 Å². The Balaban J connectivity index is 1.42. The number of nitrogen functional groups attached to an aromatic ring is 1. The maximum atomic E-state index is 14.8. The molecule has 1 aliphatic carbocycles. The van der Waals surface area contributed by atoms with Gasteiger partial charge in [0.2, 0.25) is 17.9 Å². The Labute approximate surface area is 260 Å². The Bertz CT molecular complexity index is 1480. The Kier molecular flexibility index (Phi) is 8.43. The summed E-state index contributed by atoms with van der Waals surface area (Å²) >= 11 is 6.67. The summed E-state index contributed by atoms with van der Waals surface area (Å²) in [6.07, 6.45) is -1.79. The minimum atomic E-state index is -4.78. The smallest absolute Gasteiger partial charge is 0.429 e. The van der Waals surface area contributed by atoms with Crippen LogP contribution in [0.4, 0.5) is 24.9 Å². The number of aliphatic carboxylic acids is 1. The average Bonchev–Trinajstić information content (AvgIpc) is 3.34. The van der Waals surface area contributed by atoms with Crippen molar-refractivity contribution in [3.8, 4) is 5.88 Å². The Morgan fingerprint density at radius 1 is 1.20 bits per heavy atom. The van der Waals surface area contributed by atoms with Crippen LogP contribution in [0.25, 0.3) is 5.57 Å². The normalized spacial score (nSPS) is 24.5. The molecule has 2 fully saturated rings. The van der Waals surface area contributed by atoms with Crippen LogP contribution in [0.5, 0.6) is 5.88 Å². The van der Waals surface area contributed by atoms with Crippen molar-refractivity contribution >= 4 is 34.9 Å². The zero-order valence-electron chi connectivity index (χ0n) is 25.3. The van der Waals surface area contributed by atoms with E-state index in [0.29, 0.717) is 55.9 Å². The molecule has 1 aromatic heterocycles. The molecule has 44 heavy (non-hydrogen) atoms. The molecule has 1 spiro atoms. The predicted molar refractivity (Wildman–Crippen MR) is 165 cm³/mol.